The minimum Gasteiger partial charge on any atom is -0.478 e. The Kier molecular flexibility index (Phi) is 4.84. The minimum absolute atomic E-state index is 0.0154. The minimum atomic E-state index is -3.69. The molecular formula is C14H20N2O4S. The quantitative estimate of drug-likeness (QED) is 0.921. The van der Waals surface area contributed by atoms with Crippen LogP contribution in [0.1, 0.15) is 36.0 Å². The summed E-state index contributed by atoms with van der Waals surface area (Å²) in [6.07, 6.45) is 3.74. The van der Waals surface area contributed by atoms with Gasteiger partial charge < -0.3 is 5.11 Å². The summed E-state index contributed by atoms with van der Waals surface area (Å²) in [6, 6.07) is 6.14. The van der Waals surface area contributed by atoms with Crippen LogP contribution in [0.15, 0.2) is 24.3 Å². The monoisotopic (exact) mass is 312 g/mol. The van der Waals surface area contributed by atoms with Gasteiger partial charge in [0, 0.05) is 20.1 Å². The van der Waals surface area contributed by atoms with Gasteiger partial charge in [-0.15, -0.1) is 0 Å². The summed E-state index contributed by atoms with van der Waals surface area (Å²) in [6.45, 7) is 0.976. The Balaban J connectivity index is 2.33. The summed E-state index contributed by atoms with van der Waals surface area (Å²) in [7, 11) is -2.29. The zero-order chi connectivity index (χ0) is 15.5. The topological polar surface area (TPSA) is 77.9 Å². The van der Waals surface area contributed by atoms with E-state index in [1.54, 1.807) is 12.1 Å². The molecule has 0 spiro atoms. The maximum atomic E-state index is 12.7. The first-order chi connectivity index (χ1) is 9.94. The number of hydrogen-bond acceptors (Lipinski definition) is 3. The van der Waals surface area contributed by atoms with Crippen LogP contribution in [0.5, 0.6) is 0 Å². The second kappa shape index (κ2) is 6.44. The van der Waals surface area contributed by atoms with Crippen LogP contribution in [-0.2, 0) is 10.2 Å². The van der Waals surface area contributed by atoms with Crippen molar-refractivity contribution in [2.75, 3.05) is 24.4 Å². The van der Waals surface area contributed by atoms with Gasteiger partial charge in [0.25, 0.3) is 0 Å². The third kappa shape index (κ3) is 3.36. The number of carbonyl (C=O) groups is 1. The first kappa shape index (κ1) is 15.8. The van der Waals surface area contributed by atoms with E-state index in [2.05, 4.69) is 0 Å². The molecule has 0 radical (unpaired) electrons. The SMILES string of the molecule is CN(c1ccccc1C(=O)O)S(=O)(=O)N1CCCCCC1. The van der Waals surface area contributed by atoms with Gasteiger partial charge in [0.2, 0.25) is 0 Å². The molecule has 0 unspecified atom stereocenters. The van der Waals surface area contributed by atoms with E-state index >= 15 is 0 Å². The average molecular weight is 312 g/mol. The van der Waals surface area contributed by atoms with E-state index in [-0.39, 0.29) is 11.3 Å². The molecule has 1 aromatic rings. The molecule has 0 aromatic heterocycles. The van der Waals surface area contributed by atoms with Crippen molar-refractivity contribution in [1.82, 2.24) is 4.31 Å². The molecule has 1 saturated heterocycles. The van der Waals surface area contributed by atoms with E-state index in [1.165, 1.54) is 23.5 Å². The molecule has 1 aromatic carbocycles. The Labute approximate surface area is 125 Å². The molecule has 116 valence electrons. The number of benzene rings is 1. The number of carboxylic acids is 1. The Morgan fingerprint density at radius 3 is 2.29 bits per heavy atom. The van der Waals surface area contributed by atoms with E-state index < -0.39 is 16.2 Å². The number of para-hydroxylation sites is 1. The van der Waals surface area contributed by atoms with Crippen LogP contribution in [0, 0.1) is 0 Å². The molecule has 1 aliphatic heterocycles. The first-order valence-corrected chi connectivity index (χ1v) is 8.40. The molecule has 0 amide bonds. The third-order valence-electron chi connectivity index (χ3n) is 3.71. The molecule has 0 atom stereocenters. The highest BCUT2D eigenvalue weighted by Gasteiger charge is 2.29. The van der Waals surface area contributed by atoms with E-state index in [4.69, 9.17) is 0 Å². The highest BCUT2D eigenvalue weighted by atomic mass is 32.2. The Morgan fingerprint density at radius 1 is 1.14 bits per heavy atom. The van der Waals surface area contributed by atoms with Crippen molar-refractivity contribution < 1.29 is 18.3 Å². The Bertz CT molecular complexity index is 607. The summed E-state index contributed by atoms with van der Waals surface area (Å²) in [5, 5.41) is 9.20. The normalized spacial score (nSPS) is 17.2. The first-order valence-electron chi connectivity index (χ1n) is 7.01. The smallest absolute Gasteiger partial charge is 0.337 e. The fraction of sp³-hybridized carbons (Fsp3) is 0.500. The van der Waals surface area contributed by atoms with Gasteiger partial charge >= 0.3 is 16.2 Å². The molecule has 21 heavy (non-hydrogen) atoms. The van der Waals surface area contributed by atoms with Gasteiger partial charge in [-0.05, 0) is 25.0 Å². The number of aromatic carboxylic acids is 1. The highest BCUT2D eigenvalue weighted by molar-refractivity contribution is 7.90. The zero-order valence-electron chi connectivity index (χ0n) is 12.0. The molecule has 1 aliphatic rings. The van der Waals surface area contributed by atoms with Crippen LogP contribution in [0.2, 0.25) is 0 Å². The van der Waals surface area contributed by atoms with Gasteiger partial charge in [0.05, 0.1) is 11.3 Å². The highest BCUT2D eigenvalue weighted by Crippen LogP contribution is 2.24. The summed E-state index contributed by atoms with van der Waals surface area (Å²) >= 11 is 0. The van der Waals surface area contributed by atoms with Crippen molar-refractivity contribution in [2.24, 2.45) is 0 Å². The number of nitrogens with zero attached hydrogens (tertiary/aromatic N) is 2. The second-order valence-electron chi connectivity index (χ2n) is 5.11. The summed E-state index contributed by atoms with van der Waals surface area (Å²) < 4.78 is 27.9. The molecular weight excluding hydrogens is 292 g/mol. The van der Waals surface area contributed by atoms with Gasteiger partial charge in [-0.2, -0.15) is 12.7 Å². The van der Waals surface area contributed by atoms with Crippen LogP contribution >= 0.6 is 0 Å². The molecule has 1 fully saturated rings. The fourth-order valence-electron chi connectivity index (χ4n) is 2.50. The maximum Gasteiger partial charge on any atom is 0.337 e. The summed E-state index contributed by atoms with van der Waals surface area (Å²) in [5.74, 6) is -1.14. The van der Waals surface area contributed by atoms with Crippen molar-refractivity contribution in [3.8, 4) is 0 Å². The maximum absolute atomic E-state index is 12.7. The molecule has 2 rings (SSSR count). The standard InChI is InChI=1S/C14H20N2O4S/c1-15(13-9-5-4-8-12(13)14(17)18)21(19,20)16-10-6-2-3-7-11-16/h4-5,8-9H,2-3,6-7,10-11H2,1H3,(H,17,18). The average Bonchev–Trinajstić information content (AvgIpc) is 2.76. The molecule has 0 saturated carbocycles. The van der Waals surface area contributed by atoms with Crippen LogP contribution in [0.25, 0.3) is 0 Å². The largest absolute Gasteiger partial charge is 0.478 e. The fourth-order valence-corrected chi connectivity index (χ4v) is 3.97. The van der Waals surface area contributed by atoms with E-state index in [9.17, 15) is 18.3 Å². The lowest BCUT2D eigenvalue weighted by Crippen LogP contribution is -2.43. The molecule has 7 heteroatoms. The van der Waals surface area contributed by atoms with Crippen LogP contribution < -0.4 is 4.31 Å². The van der Waals surface area contributed by atoms with Crippen molar-refractivity contribution in [3.05, 3.63) is 29.8 Å². The third-order valence-corrected chi connectivity index (χ3v) is 5.62. The molecule has 0 aliphatic carbocycles. The summed E-state index contributed by atoms with van der Waals surface area (Å²) in [4.78, 5) is 11.2. The van der Waals surface area contributed by atoms with Gasteiger partial charge in [-0.25, -0.2) is 4.79 Å². The zero-order valence-corrected chi connectivity index (χ0v) is 12.8. The van der Waals surface area contributed by atoms with Crippen molar-refractivity contribution in [3.63, 3.8) is 0 Å². The van der Waals surface area contributed by atoms with Crippen molar-refractivity contribution in [1.29, 1.82) is 0 Å². The number of carboxylic acid groups (broad SMARTS) is 1. The van der Waals surface area contributed by atoms with E-state index in [1.807, 2.05) is 0 Å². The lowest BCUT2D eigenvalue weighted by molar-refractivity contribution is 0.0698. The second-order valence-corrected chi connectivity index (χ2v) is 7.07. The van der Waals surface area contributed by atoms with Gasteiger partial charge in [-0.3, -0.25) is 4.31 Å². The number of rotatable bonds is 4. The lowest BCUT2D eigenvalue weighted by Gasteiger charge is -2.28. The lowest BCUT2D eigenvalue weighted by atomic mass is 10.2. The molecule has 6 nitrogen and oxygen atoms in total. The number of hydrogen-bond donors (Lipinski definition) is 1. The van der Waals surface area contributed by atoms with Crippen molar-refractivity contribution >= 4 is 21.9 Å². The van der Waals surface area contributed by atoms with E-state index in [0.717, 1.165) is 30.0 Å². The Hall–Kier alpha value is -1.60. The van der Waals surface area contributed by atoms with E-state index in [0.29, 0.717) is 13.1 Å². The molecule has 0 bridgehead atoms. The molecule has 1 heterocycles. The number of anilines is 1. The van der Waals surface area contributed by atoms with Gasteiger partial charge in [-0.1, -0.05) is 25.0 Å². The van der Waals surface area contributed by atoms with Crippen LogP contribution in [0.3, 0.4) is 0 Å². The van der Waals surface area contributed by atoms with Crippen LogP contribution in [-0.4, -0.2) is 43.9 Å². The van der Waals surface area contributed by atoms with Crippen molar-refractivity contribution in [2.45, 2.75) is 25.7 Å². The predicted octanol–water partition coefficient (Wildman–Crippen LogP) is 1.94. The van der Waals surface area contributed by atoms with Gasteiger partial charge in [0.1, 0.15) is 0 Å². The van der Waals surface area contributed by atoms with Crippen LogP contribution in [0.4, 0.5) is 5.69 Å². The van der Waals surface area contributed by atoms with Gasteiger partial charge in [0.15, 0.2) is 0 Å². The summed E-state index contributed by atoms with van der Waals surface area (Å²) in [5.41, 5.74) is 0.174. The Morgan fingerprint density at radius 2 is 1.71 bits per heavy atom. The predicted molar refractivity (Wildman–Crippen MR) is 80.8 cm³/mol. The molecule has 1 N–H and O–H groups in total.